The molecule has 0 N–H and O–H groups in total. The number of hydrogen-bond acceptors (Lipinski definition) is 5. The molecule has 0 unspecified atom stereocenters. The predicted molar refractivity (Wildman–Crippen MR) is 21.9 cm³/mol. The van der Waals surface area contributed by atoms with Crippen molar-refractivity contribution in [2.45, 2.75) is 0 Å². The average molecular weight is 141 g/mol. The van der Waals surface area contributed by atoms with Crippen molar-refractivity contribution in [2.75, 3.05) is 13.0 Å². The van der Waals surface area contributed by atoms with Gasteiger partial charge in [0.15, 0.2) is 5.94 Å². The minimum Gasteiger partial charge on any atom is -0.707 e. The molecule has 5 nitrogen and oxygen atoms in total. The molecule has 0 aliphatic heterocycles. The van der Waals surface area contributed by atoms with E-state index in [1.807, 2.05) is 0 Å². The number of hydrogen-bond donors (Lipinski definition) is 0. The quantitative estimate of drug-likeness (QED) is 0.343. The van der Waals surface area contributed by atoms with Gasteiger partial charge in [-0.1, -0.05) is 0 Å². The maximum atomic E-state index is 9.94. The molecule has 50 valence electrons. The van der Waals surface area contributed by atoms with E-state index in [9.17, 15) is 13.7 Å². The summed E-state index contributed by atoms with van der Waals surface area (Å²) in [5.74, 6) is -0.698. The highest BCUT2D eigenvalue weighted by Gasteiger charge is 2.01. The molecule has 0 fully saturated rings. The van der Waals surface area contributed by atoms with E-state index in [0.29, 0.717) is 0 Å². The maximum Gasteiger partial charge on any atom is 0.283 e. The van der Waals surface area contributed by atoms with Gasteiger partial charge in [-0.05, 0) is 0 Å². The highest BCUT2D eigenvalue weighted by Crippen LogP contribution is 1.84. The van der Waals surface area contributed by atoms with E-state index in [4.69, 9.17) is 0 Å². The Morgan fingerprint density at radius 1 is 1.62 bits per heavy atom. The topological polar surface area (TPSA) is 75.7 Å². The fraction of sp³-hybridized carbons (Fsp3) is 1.00. The summed E-state index contributed by atoms with van der Waals surface area (Å²) in [6, 6.07) is 0. The van der Waals surface area contributed by atoms with Gasteiger partial charge in [-0.25, -0.2) is 0 Å². The van der Waals surface area contributed by atoms with Crippen LogP contribution in [-0.4, -0.2) is 21.5 Å². The Bertz CT molecular complexity index is 135. The minimum atomic E-state index is -3.95. The van der Waals surface area contributed by atoms with Crippen LogP contribution in [0.4, 0.5) is 0 Å². The third-order valence-electron chi connectivity index (χ3n) is 0.366. The van der Waals surface area contributed by atoms with Crippen molar-refractivity contribution in [1.82, 2.24) is 0 Å². The molecule has 0 saturated heterocycles. The molecule has 6 heteroatoms. The van der Waals surface area contributed by atoms with Crippen molar-refractivity contribution < 1.29 is 22.7 Å². The van der Waals surface area contributed by atoms with E-state index in [1.165, 1.54) is 0 Å². The van der Waals surface area contributed by atoms with Crippen LogP contribution in [0.3, 0.4) is 0 Å². The lowest BCUT2D eigenvalue weighted by Crippen LogP contribution is -2.18. The lowest BCUT2D eigenvalue weighted by atomic mass is 11.5. The van der Waals surface area contributed by atoms with Gasteiger partial charge < -0.3 is 14.3 Å². The fourth-order valence-corrected chi connectivity index (χ4v) is 0.492. The van der Waals surface area contributed by atoms with Crippen molar-refractivity contribution in [3.8, 4) is 0 Å². The first kappa shape index (κ1) is 7.83. The molecule has 0 heterocycles. The summed E-state index contributed by atoms with van der Waals surface area (Å²) >= 11 is 0. The van der Waals surface area contributed by atoms with Crippen LogP contribution in [-0.2, 0) is 19.2 Å². The zero-order valence-corrected chi connectivity index (χ0v) is 4.97. The van der Waals surface area contributed by atoms with Gasteiger partial charge in [0.1, 0.15) is 0 Å². The molecule has 8 heavy (non-hydrogen) atoms. The van der Waals surface area contributed by atoms with Crippen LogP contribution in [0.25, 0.3) is 0 Å². The van der Waals surface area contributed by atoms with Crippen molar-refractivity contribution >= 4 is 10.1 Å². The van der Waals surface area contributed by atoms with Crippen molar-refractivity contribution in [1.29, 1.82) is 0 Å². The van der Waals surface area contributed by atoms with Gasteiger partial charge in [-0.3, -0.25) is 0 Å². The lowest BCUT2D eigenvalue weighted by molar-refractivity contribution is -0.635. The molecule has 0 spiro atoms. The summed E-state index contributed by atoms with van der Waals surface area (Å²) < 4.78 is 26.7. The highest BCUT2D eigenvalue weighted by molar-refractivity contribution is 7.86. The molecule has 0 aliphatic carbocycles. The molecule has 0 aromatic rings. The Labute approximate surface area is 46.9 Å². The molecule has 0 radical (unpaired) electrons. The molecule has 0 aliphatic rings. The molecule has 0 saturated carbocycles. The maximum absolute atomic E-state index is 9.94. The smallest absolute Gasteiger partial charge is 0.283 e. The first-order chi connectivity index (χ1) is 3.62. The van der Waals surface area contributed by atoms with E-state index < -0.39 is 16.1 Å². The SMILES string of the molecule is COCS(=O)(=O)O[O-]. The van der Waals surface area contributed by atoms with Gasteiger partial charge in [0, 0.05) is 7.11 Å². The van der Waals surface area contributed by atoms with E-state index in [1.54, 1.807) is 0 Å². The second-order valence-corrected chi connectivity index (χ2v) is 2.52. The highest BCUT2D eigenvalue weighted by atomic mass is 32.2. The standard InChI is InChI=1S/C2H6O5S/c1-6-2-8(4,5)7-3/h3H,2H2,1H3/p-1. The number of rotatable bonds is 3. The third kappa shape index (κ3) is 2.92. The van der Waals surface area contributed by atoms with Crippen molar-refractivity contribution in [3.05, 3.63) is 0 Å². The van der Waals surface area contributed by atoms with Crippen LogP contribution in [0.15, 0.2) is 0 Å². The molecular weight excluding hydrogens is 136 g/mol. The van der Waals surface area contributed by atoms with Gasteiger partial charge in [0.2, 0.25) is 0 Å². The summed E-state index contributed by atoms with van der Waals surface area (Å²) in [6.07, 6.45) is 0. The normalized spacial score (nSPS) is 11.8. The Hall–Kier alpha value is -0.170. The van der Waals surface area contributed by atoms with E-state index in [0.717, 1.165) is 7.11 Å². The summed E-state index contributed by atoms with van der Waals surface area (Å²) in [6.45, 7) is 0. The molecule has 0 aromatic carbocycles. The summed E-state index contributed by atoms with van der Waals surface area (Å²) in [4.78, 5) is 0. The van der Waals surface area contributed by atoms with Gasteiger partial charge in [-0.15, -0.1) is 0 Å². The Kier molecular flexibility index (Phi) is 2.91. The average Bonchev–Trinajstić information content (AvgIpc) is 1.67. The summed E-state index contributed by atoms with van der Waals surface area (Å²) in [7, 11) is -2.80. The van der Waals surface area contributed by atoms with Crippen LogP contribution >= 0.6 is 0 Å². The first-order valence-corrected chi connectivity index (χ1v) is 3.23. The van der Waals surface area contributed by atoms with Gasteiger partial charge >= 0.3 is 0 Å². The zero-order valence-electron chi connectivity index (χ0n) is 4.16. The van der Waals surface area contributed by atoms with E-state index >= 15 is 0 Å². The summed E-state index contributed by atoms with van der Waals surface area (Å²) in [5, 5.41) is 9.17. The first-order valence-electron chi connectivity index (χ1n) is 1.65. The van der Waals surface area contributed by atoms with E-state index in [-0.39, 0.29) is 0 Å². The largest absolute Gasteiger partial charge is 0.707 e. The number of methoxy groups -OCH3 is 1. The van der Waals surface area contributed by atoms with Crippen molar-refractivity contribution in [2.24, 2.45) is 0 Å². The van der Waals surface area contributed by atoms with Crippen LogP contribution in [0.1, 0.15) is 0 Å². The lowest BCUT2D eigenvalue weighted by Gasteiger charge is -2.04. The van der Waals surface area contributed by atoms with Crippen LogP contribution in [0.5, 0.6) is 0 Å². The molecule has 0 atom stereocenters. The minimum absolute atomic E-state index is 0.698. The monoisotopic (exact) mass is 141 g/mol. The third-order valence-corrected chi connectivity index (χ3v) is 1.10. The van der Waals surface area contributed by atoms with Crippen LogP contribution in [0, 0.1) is 0 Å². The molecule has 0 aromatic heterocycles. The van der Waals surface area contributed by atoms with Gasteiger partial charge in [0.25, 0.3) is 10.1 Å². The van der Waals surface area contributed by atoms with E-state index in [2.05, 4.69) is 9.07 Å². The molecule has 0 rings (SSSR count). The zero-order chi connectivity index (χ0) is 6.62. The van der Waals surface area contributed by atoms with Crippen LogP contribution in [0.2, 0.25) is 0 Å². The summed E-state index contributed by atoms with van der Waals surface area (Å²) in [5.41, 5.74) is 0. The van der Waals surface area contributed by atoms with Crippen molar-refractivity contribution in [3.63, 3.8) is 0 Å². The Morgan fingerprint density at radius 3 is 2.25 bits per heavy atom. The molecule has 0 bridgehead atoms. The fourth-order valence-electron chi connectivity index (χ4n) is 0.164. The molecule has 0 amide bonds. The van der Waals surface area contributed by atoms with Crippen LogP contribution < -0.4 is 5.26 Å². The number of ether oxygens (including phenoxy) is 1. The second-order valence-electron chi connectivity index (χ2n) is 1.03. The predicted octanol–water partition coefficient (Wildman–Crippen LogP) is -1.79. The van der Waals surface area contributed by atoms with Gasteiger partial charge in [-0.2, -0.15) is 8.42 Å². The Morgan fingerprint density at radius 2 is 2.12 bits per heavy atom. The van der Waals surface area contributed by atoms with Gasteiger partial charge in [0.05, 0.1) is 0 Å². The Balaban J connectivity index is 3.76. The second kappa shape index (κ2) is 2.98. The molecular formula is C2H5O5S-.